The summed E-state index contributed by atoms with van der Waals surface area (Å²) in [6.07, 6.45) is 3.97. The van der Waals surface area contributed by atoms with Gasteiger partial charge in [-0.2, -0.15) is 0 Å². The third-order valence-corrected chi connectivity index (χ3v) is 4.31. The molecule has 1 heterocycles. The summed E-state index contributed by atoms with van der Waals surface area (Å²) in [5, 5.41) is 3.90. The lowest BCUT2D eigenvalue weighted by Gasteiger charge is -2.36. The van der Waals surface area contributed by atoms with E-state index in [-0.39, 0.29) is 0 Å². The van der Waals surface area contributed by atoms with Gasteiger partial charge in [-0.15, -0.1) is 0 Å². The number of rotatable bonds is 7. The quantitative estimate of drug-likeness (QED) is 0.765. The molecule has 0 spiro atoms. The van der Waals surface area contributed by atoms with E-state index in [2.05, 4.69) is 57.0 Å². The molecule has 0 aromatic heterocycles. The van der Waals surface area contributed by atoms with E-state index < -0.39 is 0 Å². The molecule has 0 aromatic rings. The average Bonchev–Trinajstić information content (AvgIpc) is 2.27. The zero-order chi connectivity index (χ0) is 14.4. The number of nitrogens with zero attached hydrogens (tertiary/aromatic N) is 2. The van der Waals surface area contributed by atoms with E-state index in [1.165, 1.54) is 32.4 Å². The van der Waals surface area contributed by atoms with E-state index in [0.29, 0.717) is 12.1 Å². The number of nitrogens with one attached hydrogen (secondary N) is 1. The van der Waals surface area contributed by atoms with Gasteiger partial charge in [0.25, 0.3) is 0 Å². The molecule has 3 heteroatoms. The highest BCUT2D eigenvalue weighted by Gasteiger charge is 2.24. The lowest BCUT2D eigenvalue weighted by atomic mass is 9.89. The van der Waals surface area contributed by atoms with Crippen molar-refractivity contribution in [2.75, 3.05) is 40.8 Å². The van der Waals surface area contributed by atoms with Gasteiger partial charge in [0.2, 0.25) is 0 Å². The first-order chi connectivity index (χ1) is 8.88. The Balaban J connectivity index is 2.43. The van der Waals surface area contributed by atoms with Crippen molar-refractivity contribution in [1.29, 1.82) is 0 Å². The van der Waals surface area contributed by atoms with E-state index in [1.54, 1.807) is 0 Å². The fourth-order valence-electron chi connectivity index (χ4n) is 3.24. The van der Waals surface area contributed by atoms with Gasteiger partial charge in [-0.1, -0.05) is 13.8 Å². The molecular formula is C16H35N3. The Hall–Kier alpha value is -0.120. The third kappa shape index (κ3) is 6.73. The molecule has 1 aliphatic rings. The molecule has 0 bridgehead atoms. The van der Waals surface area contributed by atoms with Crippen molar-refractivity contribution in [3.63, 3.8) is 0 Å². The van der Waals surface area contributed by atoms with Gasteiger partial charge in [-0.05, 0) is 72.3 Å². The Morgan fingerprint density at radius 1 is 1.16 bits per heavy atom. The van der Waals surface area contributed by atoms with E-state index >= 15 is 0 Å². The van der Waals surface area contributed by atoms with Gasteiger partial charge in [-0.3, -0.25) is 0 Å². The van der Waals surface area contributed by atoms with E-state index in [1.807, 2.05) is 0 Å². The maximum absolute atomic E-state index is 3.90. The molecule has 2 atom stereocenters. The number of piperidine rings is 1. The summed E-state index contributed by atoms with van der Waals surface area (Å²) in [5.41, 5.74) is 0. The SMILES string of the molecule is CC(C)CC(CN(C)C)NC(C)C1CCN(C)CC1. The minimum atomic E-state index is 0.629. The van der Waals surface area contributed by atoms with Crippen LogP contribution in [0.25, 0.3) is 0 Å². The average molecular weight is 269 g/mol. The summed E-state index contributed by atoms with van der Waals surface area (Å²) in [6.45, 7) is 10.7. The molecule has 1 saturated heterocycles. The van der Waals surface area contributed by atoms with Crippen molar-refractivity contribution in [3.8, 4) is 0 Å². The molecular weight excluding hydrogens is 234 g/mol. The Kier molecular flexibility index (Phi) is 7.33. The second kappa shape index (κ2) is 8.23. The molecule has 19 heavy (non-hydrogen) atoms. The van der Waals surface area contributed by atoms with Crippen molar-refractivity contribution < 1.29 is 0 Å². The van der Waals surface area contributed by atoms with Gasteiger partial charge in [0, 0.05) is 18.6 Å². The monoisotopic (exact) mass is 269 g/mol. The number of likely N-dealkylation sites (tertiary alicyclic amines) is 1. The lowest BCUT2D eigenvalue weighted by molar-refractivity contribution is 0.175. The van der Waals surface area contributed by atoms with Crippen LogP contribution >= 0.6 is 0 Å². The van der Waals surface area contributed by atoms with Gasteiger partial charge in [0.1, 0.15) is 0 Å². The van der Waals surface area contributed by atoms with Gasteiger partial charge >= 0.3 is 0 Å². The highest BCUT2D eigenvalue weighted by atomic mass is 15.1. The Bertz CT molecular complexity index is 222. The standard InChI is InChI=1S/C16H35N3/c1-13(2)11-16(12-18(4)5)17-14(3)15-7-9-19(6)10-8-15/h13-17H,7-12H2,1-6H3. The van der Waals surface area contributed by atoms with Crippen LogP contribution in [0.3, 0.4) is 0 Å². The lowest BCUT2D eigenvalue weighted by Crippen LogP contribution is -2.48. The van der Waals surface area contributed by atoms with Crippen LogP contribution in [0, 0.1) is 11.8 Å². The summed E-state index contributed by atoms with van der Waals surface area (Å²) in [5.74, 6) is 1.62. The smallest absolute Gasteiger partial charge is 0.0199 e. The first kappa shape index (κ1) is 16.9. The molecule has 0 aromatic carbocycles. The number of likely N-dealkylation sites (N-methyl/N-ethyl adjacent to an activating group) is 1. The maximum Gasteiger partial charge on any atom is 0.0199 e. The molecule has 0 amide bonds. The molecule has 2 unspecified atom stereocenters. The van der Waals surface area contributed by atoms with Crippen LogP contribution in [0.4, 0.5) is 0 Å². The van der Waals surface area contributed by atoms with Crippen LogP contribution in [0.2, 0.25) is 0 Å². The summed E-state index contributed by atoms with van der Waals surface area (Å²) in [7, 11) is 6.59. The van der Waals surface area contributed by atoms with Crippen LogP contribution in [0.15, 0.2) is 0 Å². The topological polar surface area (TPSA) is 18.5 Å². The summed E-state index contributed by atoms with van der Waals surface area (Å²) in [4.78, 5) is 4.76. The second-order valence-corrected chi connectivity index (χ2v) is 7.18. The highest BCUT2D eigenvalue weighted by Crippen LogP contribution is 2.20. The molecule has 1 N–H and O–H groups in total. The zero-order valence-electron chi connectivity index (χ0n) is 13.9. The molecule has 1 rings (SSSR count). The minimum absolute atomic E-state index is 0.629. The number of hydrogen-bond donors (Lipinski definition) is 1. The van der Waals surface area contributed by atoms with Gasteiger partial charge in [-0.25, -0.2) is 0 Å². The fourth-order valence-corrected chi connectivity index (χ4v) is 3.24. The highest BCUT2D eigenvalue weighted by molar-refractivity contribution is 4.82. The summed E-state index contributed by atoms with van der Waals surface area (Å²) in [6, 6.07) is 1.28. The predicted octanol–water partition coefficient (Wildman–Crippen LogP) is 2.28. The maximum atomic E-state index is 3.90. The van der Waals surface area contributed by atoms with Crippen molar-refractivity contribution in [2.45, 2.75) is 52.1 Å². The second-order valence-electron chi connectivity index (χ2n) is 7.18. The van der Waals surface area contributed by atoms with Crippen LogP contribution in [0.1, 0.15) is 40.0 Å². The third-order valence-electron chi connectivity index (χ3n) is 4.31. The molecule has 0 aliphatic carbocycles. The molecule has 3 nitrogen and oxygen atoms in total. The van der Waals surface area contributed by atoms with Gasteiger partial charge in [0.15, 0.2) is 0 Å². The first-order valence-electron chi connectivity index (χ1n) is 7.97. The van der Waals surface area contributed by atoms with Crippen molar-refractivity contribution >= 4 is 0 Å². The molecule has 114 valence electrons. The largest absolute Gasteiger partial charge is 0.310 e. The van der Waals surface area contributed by atoms with Crippen LogP contribution in [-0.2, 0) is 0 Å². The molecule has 0 radical (unpaired) electrons. The van der Waals surface area contributed by atoms with Gasteiger partial charge < -0.3 is 15.1 Å². The normalized spacial score (nSPS) is 22.1. The Morgan fingerprint density at radius 2 is 1.74 bits per heavy atom. The van der Waals surface area contributed by atoms with E-state index in [4.69, 9.17) is 0 Å². The molecule has 1 fully saturated rings. The predicted molar refractivity (Wildman–Crippen MR) is 84.6 cm³/mol. The fraction of sp³-hybridized carbons (Fsp3) is 1.00. The van der Waals surface area contributed by atoms with Gasteiger partial charge in [0.05, 0.1) is 0 Å². The zero-order valence-corrected chi connectivity index (χ0v) is 13.9. The Labute approximate surface area is 120 Å². The van der Waals surface area contributed by atoms with Crippen molar-refractivity contribution in [1.82, 2.24) is 15.1 Å². The van der Waals surface area contributed by atoms with Crippen molar-refractivity contribution in [3.05, 3.63) is 0 Å². The van der Waals surface area contributed by atoms with Crippen LogP contribution in [0.5, 0.6) is 0 Å². The number of hydrogen-bond acceptors (Lipinski definition) is 3. The van der Waals surface area contributed by atoms with Crippen molar-refractivity contribution in [2.24, 2.45) is 11.8 Å². The Morgan fingerprint density at radius 3 is 2.21 bits per heavy atom. The molecule has 0 saturated carbocycles. The summed E-state index contributed by atoms with van der Waals surface area (Å²) >= 11 is 0. The van der Waals surface area contributed by atoms with Crippen LogP contribution in [-0.4, -0.2) is 62.7 Å². The minimum Gasteiger partial charge on any atom is -0.310 e. The summed E-state index contributed by atoms with van der Waals surface area (Å²) < 4.78 is 0. The van der Waals surface area contributed by atoms with E-state index in [0.717, 1.165) is 18.4 Å². The van der Waals surface area contributed by atoms with E-state index in [9.17, 15) is 0 Å². The first-order valence-corrected chi connectivity index (χ1v) is 7.97. The molecule has 1 aliphatic heterocycles. The van der Waals surface area contributed by atoms with Crippen LogP contribution < -0.4 is 5.32 Å².